The summed E-state index contributed by atoms with van der Waals surface area (Å²) in [6.07, 6.45) is 6.62. The number of ether oxygens (including phenoxy) is 1. The van der Waals surface area contributed by atoms with E-state index in [1.807, 2.05) is 0 Å². The molecular weight excluding hydrogens is 268 g/mol. The van der Waals surface area contributed by atoms with Gasteiger partial charge in [-0.1, -0.05) is 19.8 Å². The molecule has 0 atom stereocenters. The van der Waals surface area contributed by atoms with Crippen LogP contribution in [-0.2, 0) is 0 Å². The van der Waals surface area contributed by atoms with Gasteiger partial charge in [-0.2, -0.15) is 0 Å². The van der Waals surface area contributed by atoms with Crippen LogP contribution in [0.5, 0.6) is 5.75 Å². The van der Waals surface area contributed by atoms with Gasteiger partial charge in [0, 0.05) is 25.2 Å². The Kier molecular flexibility index (Phi) is 5.56. The van der Waals surface area contributed by atoms with Crippen LogP contribution in [0.2, 0.25) is 0 Å². The lowest BCUT2D eigenvalue weighted by molar-refractivity contribution is -0.384. The van der Waals surface area contributed by atoms with Gasteiger partial charge in [0.2, 0.25) is 0 Å². The fourth-order valence-corrected chi connectivity index (χ4v) is 3.04. The molecule has 5 nitrogen and oxygen atoms in total. The molecule has 1 aliphatic rings. The number of non-ortho nitro benzene ring substituents is 1. The molecule has 1 aromatic carbocycles. The quantitative estimate of drug-likeness (QED) is 0.452. The molecule has 0 saturated heterocycles. The Hall–Kier alpha value is -1.62. The average Bonchev–Trinajstić information content (AvgIpc) is 2.97. The zero-order valence-corrected chi connectivity index (χ0v) is 12.6. The first-order chi connectivity index (χ1) is 10.2. The number of nitrogens with zero attached hydrogens (tertiary/aromatic N) is 1. The number of benzene rings is 1. The van der Waals surface area contributed by atoms with E-state index in [-0.39, 0.29) is 5.69 Å². The van der Waals surface area contributed by atoms with Gasteiger partial charge < -0.3 is 10.1 Å². The van der Waals surface area contributed by atoms with E-state index in [1.54, 1.807) is 12.1 Å². The van der Waals surface area contributed by atoms with Crippen LogP contribution in [0.1, 0.15) is 39.0 Å². The highest BCUT2D eigenvalue weighted by Crippen LogP contribution is 2.40. The van der Waals surface area contributed by atoms with Crippen LogP contribution in [0.25, 0.3) is 0 Å². The Bertz CT molecular complexity index is 453. The first-order valence-electron chi connectivity index (χ1n) is 7.73. The Morgan fingerprint density at radius 1 is 1.29 bits per heavy atom. The molecule has 1 aromatic rings. The number of hydrogen-bond acceptors (Lipinski definition) is 4. The van der Waals surface area contributed by atoms with Crippen molar-refractivity contribution < 1.29 is 9.66 Å². The summed E-state index contributed by atoms with van der Waals surface area (Å²) in [6, 6.07) is 6.21. The molecule has 2 rings (SSSR count). The molecule has 1 aliphatic carbocycles. The lowest BCUT2D eigenvalue weighted by atomic mass is 9.83. The van der Waals surface area contributed by atoms with Gasteiger partial charge in [0.15, 0.2) is 0 Å². The first kappa shape index (κ1) is 15.8. The highest BCUT2D eigenvalue weighted by Gasteiger charge is 2.31. The minimum atomic E-state index is -0.406. The van der Waals surface area contributed by atoms with E-state index >= 15 is 0 Å². The second kappa shape index (κ2) is 7.41. The summed E-state index contributed by atoms with van der Waals surface area (Å²) in [5.74, 6) is 0.675. The molecule has 1 N–H and O–H groups in total. The number of nitrogens with one attached hydrogen (secondary N) is 1. The van der Waals surface area contributed by atoms with Crippen molar-refractivity contribution in [3.63, 3.8) is 0 Å². The lowest BCUT2D eigenvalue weighted by Gasteiger charge is -2.27. The van der Waals surface area contributed by atoms with Crippen LogP contribution in [-0.4, -0.2) is 24.6 Å². The fraction of sp³-hybridized carbons (Fsp3) is 0.625. The van der Waals surface area contributed by atoms with Gasteiger partial charge in [0.25, 0.3) is 5.69 Å². The van der Waals surface area contributed by atoms with Gasteiger partial charge in [0.1, 0.15) is 12.4 Å². The van der Waals surface area contributed by atoms with Gasteiger partial charge in [0.05, 0.1) is 4.92 Å². The number of nitro groups is 1. The predicted molar refractivity (Wildman–Crippen MR) is 82.7 cm³/mol. The van der Waals surface area contributed by atoms with Gasteiger partial charge in [-0.05, 0) is 36.8 Å². The van der Waals surface area contributed by atoms with E-state index in [1.165, 1.54) is 44.2 Å². The lowest BCUT2D eigenvalue weighted by Crippen LogP contribution is -2.33. The van der Waals surface area contributed by atoms with Crippen molar-refractivity contribution in [2.45, 2.75) is 39.0 Å². The van der Waals surface area contributed by atoms with Crippen LogP contribution in [0.15, 0.2) is 24.3 Å². The third kappa shape index (κ3) is 4.43. The third-order valence-corrected chi connectivity index (χ3v) is 4.51. The molecule has 1 fully saturated rings. The molecule has 0 heterocycles. The van der Waals surface area contributed by atoms with Crippen molar-refractivity contribution in [2.24, 2.45) is 5.41 Å². The van der Waals surface area contributed by atoms with Gasteiger partial charge >= 0.3 is 0 Å². The van der Waals surface area contributed by atoms with E-state index in [2.05, 4.69) is 12.2 Å². The third-order valence-electron chi connectivity index (χ3n) is 4.51. The molecule has 0 bridgehead atoms. The maximum absolute atomic E-state index is 10.6. The van der Waals surface area contributed by atoms with E-state index in [0.29, 0.717) is 17.8 Å². The summed E-state index contributed by atoms with van der Waals surface area (Å²) in [5.41, 5.74) is 0.583. The molecule has 0 radical (unpaired) electrons. The Morgan fingerprint density at radius 3 is 2.52 bits per heavy atom. The summed E-state index contributed by atoms with van der Waals surface area (Å²) >= 11 is 0. The van der Waals surface area contributed by atoms with E-state index in [4.69, 9.17) is 4.74 Å². The molecule has 21 heavy (non-hydrogen) atoms. The highest BCUT2D eigenvalue weighted by atomic mass is 16.6. The van der Waals surface area contributed by atoms with Gasteiger partial charge in [-0.3, -0.25) is 10.1 Å². The second-order valence-corrected chi connectivity index (χ2v) is 5.84. The van der Waals surface area contributed by atoms with Crippen LogP contribution < -0.4 is 10.1 Å². The zero-order valence-electron chi connectivity index (χ0n) is 12.6. The Labute approximate surface area is 125 Å². The van der Waals surface area contributed by atoms with Gasteiger partial charge in [-0.25, -0.2) is 0 Å². The number of hydrogen-bond donors (Lipinski definition) is 1. The largest absolute Gasteiger partial charge is 0.492 e. The monoisotopic (exact) mass is 292 g/mol. The van der Waals surface area contributed by atoms with Crippen molar-refractivity contribution in [1.82, 2.24) is 5.32 Å². The Balaban J connectivity index is 1.66. The summed E-state index contributed by atoms with van der Waals surface area (Å²) in [7, 11) is 0. The maximum Gasteiger partial charge on any atom is 0.269 e. The first-order valence-corrected chi connectivity index (χ1v) is 7.73. The van der Waals surface area contributed by atoms with Gasteiger partial charge in [-0.15, -0.1) is 0 Å². The maximum atomic E-state index is 10.6. The van der Waals surface area contributed by atoms with Crippen molar-refractivity contribution in [3.05, 3.63) is 34.4 Å². The normalized spacial score (nSPS) is 16.8. The smallest absolute Gasteiger partial charge is 0.269 e. The summed E-state index contributed by atoms with van der Waals surface area (Å²) in [4.78, 5) is 10.1. The van der Waals surface area contributed by atoms with Crippen LogP contribution >= 0.6 is 0 Å². The van der Waals surface area contributed by atoms with Crippen LogP contribution in [0, 0.1) is 15.5 Å². The molecule has 0 amide bonds. The Morgan fingerprint density at radius 2 is 1.95 bits per heavy atom. The summed E-state index contributed by atoms with van der Waals surface area (Å²) in [5, 5.41) is 14.0. The summed E-state index contributed by atoms with van der Waals surface area (Å²) in [6.45, 7) is 4.73. The van der Waals surface area contributed by atoms with Crippen molar-refractivity contribution in [1.29, 1.82) is 0 Å². The topological polar surface area (TPSA) is 64.4 Å². The molecule has 5 heteroatoms. The minimum absolute atomic E-state index is 0.0894. The highest BCUT2D eigenvalue weighted by molar-refractivity contribution is 5.35. The van der Waals surface area contributed by atoms with E-state index < -0.39 is 4.92 Å². The summed E-state index contributed by atoms with van der Waals surface area (Å²) < 4.78 is 5.59. The zero-order chi connectivity index (χ0) is 15.1. The molecule has 116 valence electrons. The van der Waals surface area contributed by atoms with E-state index in [0.717, 1.165) is 13.1 Å². The average molecular weight is 292 g/mol. The predicted octanol–water partition coefficient (Wildman–Crippen LogP) is 3.53. The second-order valence-electron chi connectivity index (χ2n) is 5.84. The fourth-order valence-electron chi connectivity index (χ4n) is 3.04. The number of nitro benzene ring substituents is 1. The molecule has 0 aromatic heterocycles. The SMILES string of the molecule is CCC1(CNCCOc2ccc([N+](=O)[O-])cc2)CCCC1. The minimum Gasteiger partial charge on any atom is -0.492 e. The molecule has 0 unspecified atom stereocenters. The molecular formula is C16H24N2O3. The molecule has 1 saturated carbocycles. The van der Waals surface area contributed by atoms with Crippen LogP contribution in [0.4, 0.5) is 5.69 Å². The van der Waals surface area contributed by atoms with Crippen molar-refractivity contribution >= 4 is 5.69 Å². The van der Waals surface area contributed by atoms with Crippen LogP contribution in [0.3, 0.4) is 0 Å². The standard InChI is InChI=1S/C16H24N2O3/c1-2-16(9-3-4-10-16)13-17-11-12-21-15-7-5-14(6-8-15)18(19)20/h5-8,17H,2-4,9-13H2,1H3. The van der Waals surface area contributed by atoms with E-state index in [9.17, 15) is 10.1 Å². The molecule has 0 aliphatic heterocycles. The number of rotatable bonds is 8. The van der Waals surface area contributed by atoms with Crippen molar-refractivity contribution in [2.75, 3.05) is 19.7 Å². The van der Waals surface area contributed by atoms with Crippen molar-refractivity contribution in [3.8, 4) is 5.75 Å². The molecule has 0 spiro atoms.